The summed E-state index contributed by atoms with van der Waals surface area (Å²) in [5.41, 5.74) is 0.695. The van der Waals surface area contributed by atoms with Crippen LogP contribution in [-0.2, 0) is 0 Å². The number of imidazole rings is 1. The molecule has 3 aromatic rings. The van der Waals surface area contributed by atoms with Crippen LogP contribution in [0.4, 0.5) is 8.78 Å². The number of aromatic nitrogens is 2. The average molecular weight is 262 g/mol. The fourth-order valence-electron chi connectivity index (χ4n) is 1.92. The SMILES string of the molecule is Fc1ccn2ccnc2c1-c1cccc(S)c1F. The monoisotopic (exact) mass is 262 g/mol. The van der Waals surface area contributed by atoms with Gasteiger partial charge in [0.1, 0.15) is 17.3 Å². The number of pyridine rings is 1. The fraction of sp³-hybridized carbons (Fsp3) is 0. The lowest BCUT2D eigenvalue weighted by Crippen LogP contribution is -1.95. The molecule has 0 spiro atoms. The molecule has 0 aliphatic heterocycles. The van der Waals surface area contributed by atoms with Crippen molar-refractivity contribution in [2.24, 2.45) is 0 Å². The van der Waals surface area contributed by atoms with Crippen LogP contribution < -0.4 is 0 Å². The molecule has 0 saturated carbocycles. The van der Waals surface area contributed by atoms with Gasteiger partial charge >= 0.3 is 0 Å². The van der Waals surface area contributed by atoms with Crippen molar-refractivity contribution in [2.45, 2.75) is 4.90 Å². The molecule has 0 N–H and O–H groups in total. The average Bonchev–Trinajstić information content (AvgIpc) is 2.82. The van der Waals surface area contributed by atoms with Crippen molar-refractivity contribution in [1.82, 2.24) is 9.38 Å². The number of halogens is 2. The number of rotatable bonds is 1. The number of hydrogen-bond acceptors (Lipinski definition) is 2. The molecule has 0 atom stereocenters. The normalized spacial score (nSPS) is 11.1. The molecular formula is C13H8F2N2S. The lowest BCUT2D eigenvalue weighted by molar-refractivity contribution is 0.599. The Labute approximate surface area is 107 Å². The third-order valence-corrected chi connectivity index (χ3v) is 3.11. The summed E-state index contributed by atoms with van der Waals surface area (Å²) in [7, 11) is 0. The second-order valence-electron chi connectivity index (χ2n) is 3.84. The van der Waals surface area contributed by atoms with Crippen LogP contribution in [0, 0.1) is 11.6 Å². The maximum atomic E-state index is 14.0. The Morgan fingerprint density at radius 2 is 1.94 bits per heavy atom. The van der Waals surface area contributed by atoms with E-state index in [1.807, 2.05) is 0 Å². The second kappa shape index (κ2) is 4.10. The van der Waals surface area contributed by atoms with Gasteiger partial charge in [0.15, 0.2) is 0 Å². The summed E-state index contributed by atoms with van der Waals surface area (Å²) >= 11 is 4.01. The van der Waals surface area contributed by atoms with E-state index in [0.29, 0.717) is 5.65 Å². The molecule has 1 aromatic carbocycles. The Bertz CT molecular complexity index is 737. The molecule has 2 heterocycles. The fourth-order valence-corrected chi connectivity index (χ4v) is 2.13. The molecule has 0 amide bonds. The first kappa shape index (κ1) is 11.2. The molecule has 2 nitrogen and oxygen atoms in total. The Morgan fingerprint density at radius 3 is 2.78 bits per heavy atom. The van der Waals surface area contributed by atoms with Crippen molar-refractivity contribution in [3.8, 4) is 11.1 Å². The van der Waals surface area contributed by atoms with E-state index in [2.05, 4.69) is 17.6 Å². The van der Waals surface area contributed by atoms with Crippen LogP contribution >= 0.6 is 12.6 Å². The zero-order valence-corrected chi connectivity index (χ0v) is 10.0. The second-order valence-corrected chi connectivity index (χ2v) is 4.32. The van der Waals surface area contributed by atoms with Gasteiger partial charge in [-0.1, -0.05) is 12.1 Å². The molecule has 0 aliphatic carbocycles. The van der Waals surface area contributed by atoms with Crippen LogP contribution in [0.15, 0.2) is 47.8 Å². The Hall–Kier alpha value is -1.88. The lowest BCUT2D eigenvalue weighted by atomic mass is 10.1. The Morgan fingerprint density at radius 1 is 1.11 bits per heavy atom. The first-order valence-corrected chi connectivity index (χ1v) is 5.72. The zero-order chi connectivity index (χ0) is 12.7. The van der Waals surface area contributed by atoms with Crippen molar-refractivity contribution >= 4 is 18.3 Å². The Balaban J connectivity index is 2.40. The highest BCUT2D eigenvalue weighted by Gasteiger charge is 2.16. The first-order valence-electron chi connectivity index (χ1n) is 5.27. The largest absolute Gasteiger partial charge is 0.306 e. The van der Waals surface area contributed by atoms with Crippen LogP contribution in [0.3, 0.4) is 0 Å². The minimum Gasteiger partial charge on any atom is -0.306 e. The molecule has 18 heavy (non-hydrogen) atoms. The van der Waals surface area contributed by atoms with Gasteiger partial charge in [-0.3, -0.25) is 0 Å². The first-order chi connectivity index (χ1) is 8.68. The van der Waals surface area contributed by atoms with Crippen LogP contribution in [0.5, 0.6) is 0 Å². The van der Waals surface area contributed by atoms with E-state index in [0.717, 1.165) is 0 Å². The molecule has 3 rings (SSSR count). The van der Waals surface area contributed by atoms with Gasteiger partial charge in [0.2, 0.25) is 0 Å². The number of fused-ring (bicyclic) bond motifs is 1. The van der Waals surface area contributed by atoms with Gasteiger partial charge < -0.3 is 4.40 Å². The molecule has 0 saturated heterocycles. The molecular weight excluding hydrogens is 254 g/mol. The number of thiol groups is 1. The number of hydrogen-bond donors (Lipinski definition) is 1. The minimum atomic E-state index is -0.546. The maximum Gasteiger partial charge on any atom is 0.147 e. The molecule has 0 fully saturated rings. The van der Waals surface area contributed by atoms with Gasteiger partial charge in [-0.15, -0.1) is 12.6 Å². The predicted octanol–water partition coefficient (Wildman–Crippen LogP) is 3.57. The minimum absolute atomic E-state index is 0.149. The van der Waals surface area contributed by atoms with Crippen LogP contribution in [-0.4, -0.2) is 9.38 Å². The highest BCUT2D eigenvalue weighted by atomic mass is 32.1. The molecule has 0 aliphatic rings. The summed E-state index contributed by atoms with van der Waals surface area (Å²) in [5.74, 6) is -1.05. The summed E-state index contributed by atoms with van der Waals surface area (Å²) < 4.78 is 29.6. The van der Waals surface area contributed by atoms with Gasteiger partial charge in [0.25, 0.3) is 0 Å². The molecule has 5 heteroatoms. The van der Waals surface area contributed by atoms with E-state index in [1.165, 1.54) is 18.2 Å². The van der Waals surface area contributed by atoms with E-state index < -0.39 is 11.6 Å². The van der Waals surface area contributed by atoms with Gasteiger partial charge in [-0.05, 0) is 12.1 Å². The summed E-state index contributed by atoms with van der Waals surface area (Å²) in [6, 6.07) is 5.95. The highest BCUT2D eigenvalue weighted by Crippen LogP contribution is 2.31. The lowest BCUT2D eigenvalue weighted by Gasteiger charge is -2.08. The summed E-state index contributed by atoms with van der Waals surface area (Å²) in [4.78, 5) is 4.24. The van der Waals surface area contributed by atoms with Crippen molar-refractivity contribution in [2.75, 3.05) is 0 Å². The molecule has 0 unspecified atom stereocenters. The summed E-state index contributed by atoms with van der Waals surface area (Å²) in [5, 5.41) is 0. The Kier molecular flexibility index (Phi) is 2.56. The van der Waals surface area contributed by atoms with Gasteiger partial charge in [0, 0.05) is 29.0 Å². The van der Waals surface area contributed by atoms with Crippen molar-refractivity contribution in [3.05, 3.63) is 54.5 Å². The molecule has 90 valence electrons. The summed E-state index contributed by atoms with van der Waals surface area (Å²) in [6.07, 6.45) is 4.77. The predicted molar refractivity (Wildman–Crippen MR) is 67.8 cm³/mol. The van der Waals surface area contributed by atoms with Crippen LogP contribution in [0.2, 0.25) is 0 Å². The number of nitrogens with zero attached hydrogens (tertiary/aromatic N) is 2. The molecule has 2 aromatic heterocycles. The highest BCUT2D eigenvalue weighted by molar-refractivity contribution is 7.80. The van der Waals surface area contributed by atoms with Gasteiger partial charge in [0.05, 0.1) is 5.56 Å². The van der Waals surface area contributed by atoms with E-state index >= 15 is 0 Å². The third kappa shape index (κ3) is 1.59. The van der Waals surface area contributed by atoms with Crippen LogP contribution in [0.25, 0.3) is 16.8 Å². The van der Waals surface area contributed by atoms with Crippen molar-refractivity contribution < 1.29 is 8.78 Å². The zero-order valence-electron chi connectivity index (χ0n) is 9.14. The standard InChI is InChI=1S/C13H8F2N2S/c14-9-4-6-17-7-5-16-13(17)11(9)8-2-1-3-10(18)12(8)15/h1-7,18H. The van der Waals surface area contributed by atoms with E-state index in [9.17, 15) is 8.78 Å². The smallest absolute Gasteiger partial charge is 0.147 e. The third-order valence-electron chi connectivity index (χ3n) is 2.76. The maximum absolute atomic E-state index is 14.0. The van der Waals surface area contributed by atoms with E-state index in [-0.39, 0.29) is 16.0 Å². The van der Waals surface area contributed by atoms with Crippen LogP contribution in [0.1, 0.15) is 0 Å². The number of benzene rings is 1. The van der Waals surface area contributed by atoms with Gasteiger partial charge in [-0.2, -0.15) is 0 Å². The van der Waals surface area contributed by atoms with Crippen molar-refractivity contribution in [3.63, 3.8) is 0 Å². The molecule has 0 radical (unpaired) electrons. The summed E-state index contributed by atoms with van der Waals surface area (Å²) in [6.45, 7) is 0. The van der Waals surface area contributed by atoms with E-state index in [1.54, 1.807) is 29.1 Å². The van der Waals surface area contributed by atoms with Crippen molar-refractivity contribution in [1.29, 1.82) is 0 Å². The molecule has 0 bridgehead atoms. The topological polar surface area (TPSA) is 17.3 Å². The quantitative estimate of drug-likeness (QED) is 0.663. The van der Waals surface area contributed by atoms with E-state index in [4.69, 9.17) is 0 Å². The van der Waals surface area contributed by atoms with Gasteiger partial charge in [-0.25, -0.2) is 13.8 Å².